The molecule has 0 radical (unpaired) electrons. The van der Waals surface area contributed by atoms with Gasteiger partial charge in [-0.2, -0.15) is 0 Å². The van der Waals surface area contributed by atoms with Gasteiger partial charge in [0, 0.05) is 19.3 Å². The number of aliphatic carboxylic acids is 1. The largest absolute Gasteiger partial charge is 0.486 e. The molecule has 1 aromatic carbocycles. The zero-order valence-corrected chi connectivity index (χ0v) is 14.8. The SMILES string of the molecule is O=C(O)CCC1CNc2cc(C=C3CCC4(CC3)OCCO4)ccc2O1. The lowest BCUT2D eigenvalue weighted by molar-refractivity contribution is -0.171. The summed E-state index contributed by atoms with van der Waals surface area (Å²) in [7, 11) is 0. The van der Waals surface area contributed by atoms with Crippen molar-refractivity contribution < 1.29 is 24.1 Å². The van der Waals surface area contributed by atoms with Crippen LogP contribution in [0.5, 0.6) is 5.75 Å². The molecule has 2 aliphatic heterocycles. The van der Waals surface area contributed by atoms with Gasteiger partial charge in [0.1, 0.15) is 11.9 Å². The van der Waals surface area contributed by atoms with Gasteiger partial charge in [0.05, 0.1) is 25.4 Å². The van der Waals surface area contributed by atoms with Crippen molar-refractivity contribution in [1.82, 2.24) is 0 Å². The fraction of sp³-hybridized carbons (Fsp3) is 0.550. The number of ether oxygens (including phenoxy) is 3. The first-order chi connectivity index (χ1) is 12.6. The van der Waals surface area contributed by atoms with Crippen molar-refractivity contribution in [2.45, 2.75) is 50.4 Å². The molecule has 1 saturated heterocycles. The van der Waals surface area contributed by atoms with Crippen molar-refractivity contribution in [3.8, 4) is 5.75 Å². The number of carboxylic acids is 1. The molecule has 2 heterocycles. The van der Waals surface area contributed by atoms with Crippen LogP contribution in [0.2, 0.25) is 0 Å². The Hall–Kier alpha value is -2.05. The summed E-state index contributed by atoms with van der Waals surface area (Å²) in [6.45, 7) is 2.06. The molecule has 6 heteroatoms. The first-order valence-corrected chi connectivity index (χ1v) is 9.36. The second kappa shape index (κ2) is 7.29. The van der Waals surface area contributed by atoms with Crippen molar-refractivity contribution in [2.75, 3.05) is 25.1 Å². The van der Waals surface area contributed by atoms with E-state index < -0.39 is 5.97 Å². The summed E-state index contributed by atoms with van der Waals surface area (Å²) in [5, 5.41) is 12.2. The van der Waals surface area contributed by atoms with Crippen LogP contribution in [0.15, 0.2) is 23.8 Å². The highest BCUT2D eigenvalue weighted by atomic mass is 16.7. The van der Waals surface area contributed by atoms with Crippen LogP contribution in [0.25, 0.3) is 6.08 Å². The van der Waals surface area contributed by atoms with E-state index in [4.69, 9.17) is 19.3 Å². The van der Waals surface area contributed by atoms with Gasteiger partial charge >= 0.3 is 5.97 Å². The molecule has 1 saturated carbocycles. The number of fused-ring (bicyclic) bond motifs is 1. The van der Waals surface area contributed by atoms with Crippen LogP contribution in [0, 0.1) is 0 Å². The minimum Gasteiger partial charge on any atom is -0.486 e. The fourth-order valence-electron chi connectivity index (χ4n) is 3.89. The Morgan fingerprint density at radius 1 is 1.27 bits per heavy atom. The van der Waals surface area contributed by atoms with Gasteiger partial charge in [-0.3, -0.25) is 4.79 Å². The summed E-state index contributed by atoms with van der Waals surface area (Å²) in [6, 6.07) is 6.12. The second-order valence-electron chi connectivity index (χ2n) is 7.22. The van der Waals surface area contributed by atoms with Crippen molar-refractivity contribution in [3.63, 3.8) is 0 Å². The zero-order valence-electron chi connectivity index (χ0n) is 14.8. The molecule has 1 aliphatic carbocycles. The van der Waals surface area contributed by atoms with Crippen molar-refractivity contribution >= 4 is 17.7 Å². The van der Waals surface area contributed by atoms with Crippen LogP contribution in [-0.2, 0) is 14.3 Å². The number of carboxylic acid groups (broad SMARTS) is 1. The Labute approximate surface area is 153 Å². The quantitative estimate of drug-likeness (QED) is 0.858. The predicted octanol–water partition coefficient (Wildman–Crippen LogP) is 3.42. The van der Waals surface area contributed by atoms with Crippen LogP contribution >= 0.6 is 0 Å². The molecule has 26 heavy (non-hydrogen) atoms. The first-order valence-electron chi connectivity index (χ1n) is 9.36. The lowest BCUT2D eigenvalue weighted by Crippen LogP contribution is -2.33. The lowest BCUT2D eigenvalue weighted by atomic mass is 9.88. The number of nitrogens with one attached hydrogen (secondary N) is 1. The summed E-state index contributed by atoms with van der Waals surface area (Å²) in [5.41, 5.74) is 3.55. The third kappa shape index (κ3) is 3.86. The summed E-state index contributed by atoms with van der Waals surface area (Å²) in [6.07, 6.45) is 6.65. The Morgan fingerprint density at radius 2 is 2.04 bits per heavy atom. The minimum atomic E-state index is -0.788. The van der Waals surface area contributed by atoms with Crippen LogP contribution in [0.1, 0.15) is 44.1 Å². The molecule has 2 N–H and O–H groups in total. The molecule has 0 aromatic heterocycles. The number of allylic oxidation sites excluding steroid dienone is 1. The number of rotatable bonds is 4. The summed E-state index contributed by atoms with van der Waals surface area (Å²) >= 11 is 0. The van der Waals surface area contributed by atoms with Gasteiger partial charge in [-0.1, -0.05) is 17.7 Å². The monoisotopic (exact) mass is 359 g/mol. The number of benzene rings is 1. The van der Waals surface area contributed by atoms with Crippen molar-refractivity contribution in [1.29, 1.82) is 0 Å². The topological polar surface area (TPSA) is 77.0 Å². The number of hydrogen-bond donors (Lipinski definition) is 2. The molecule has 3 aliphatic rings. The third-order valence-electron chi connectivity index (χ3n) is 5.34. The van der Waals surface area contributed by atoms with Gasteiger partial charge in [0.15, 0.2) is 5.79 Å². The van der Waals surface area contributed by atoms with Crippen molar-refractivity contribution in [3.05, 3.63) is 29.3 Å². The number of anilines is 1. The van der Waals surface area contributed by atoms with E-state index in [0.29, 0.717) is 26.2 Å². The highest BCUT2D eigenvalue weighted by Gasteiger charge is 2.38. The van der Waals surface area contributed by atoms with Gasteiger partial charge in [0.2, 0.25) is 0 Å². The molecule has 140 valence electrons. The first kappa shape index (κ1) is 17.4. The Morgan fingerprint density at radius 3 is 2.77 bits per heavy atom. The maximum absolute atomic E-state index is 10.7. The van der Waals surface area contributed by atoms with E-state index in [1.165, 1.54) is 5.57 Å². The van der Waals surface area contributed by atoms with E-state index in [1.807, 2.05) is 6.07 Å². The van der Waals surface area contributed by atoms with E-state index in [0.717, 1.165) is 42.7 Å². The molecule has 1 atom stereocenters. The minimum absolute atomic E-state index is 0.0937. The molecule has 1 aromatic rings. The van der Waals surface area contributed by atoms with E-state index >= 15 is 0 Å². The van der Waals surface area contributed by atoms with Gasteiger partial charge in [-0.15, -0.1) is 0 Å². The highest BCUT2D eigenvalue weighted by Crippen LogP contribution is 2.39. The summed E-state index contributed by atoms with van der Waals surface area (Å²) < 4.78 is 17.5. The van der Waals surface area contributed by atoms with Gasteiger partial charge < -0.3 is 24.6 Å². The molecule has 1 spiro atoms. The Balaban J connectivity index is 1.38. The summed E-state index contributed by atoms with van der Waals surface area (Å²) in [4.78, 5) is 10.7. The Bertz CT molecular complexity index is 696. The average Bonchev–Trinajstić information content (AvgIpc) is 3.10. The molecular formula is C20H25NO5. The standard InChI is InChI=1S/C20H25NO5/c22-19(23)4-2-16-13-21-17-12-15(1-3-18(17)26-16)11-14-5-7-20(8-6-14)24-9-10-25-20/h1,3,11-12,16,21H,2,4-10,13H2,(H,22,23). The predicted molar refractivity (Wildman–Crippen MR) is 97.3 cm³/mol. The van der Waals surface area contributed by atoms with Crippen LogP contribution in [0.3, 0.4) is 0 Å². The number of carbonyl (C=O) groups is 1. The van der Waals surface area contributed by atoms with E-state index in [2.05, 4.69) is 23.5 Å². The van der Waals surface area contributed by atoms with Crippen LogP contribution < -0.4 is 10.1 Å². The second-order valence-corrected chi connectivity index (χ2v) is 7.22. The van der Waals surface area contributed by atoms with E-state index in [-0.39, 0.29) is 18.3 Å². The van der Waals surface area contributed by atoms with Gasteiger partial charge in [-0.25, -0.2) is 0 Å². The molecule has 2 fully saturated rings. The molecule has 0 amide bonds. The van der Waals surface area contributed by atoms with Gasteiger partial charge in [-0.05, 0) is 37.0 Å². The number of hydrogen-bond acceptors (Lipinski definition) is 5. The maximum atomic E-state index is 10.7. The Kier molecular flexibility index (Phi) is 4.87. The van der Waals surface area contributed by atoms with E-state index in [9.17, 15) is 4.79 Å². The van der Waals surface area contributed by atoms with Crippen molar-refractivity contribution in [2.24, 2.45) is 0 Å². The maximum Gasteiger partial charge on any atom is 0.303 e. The molecular weight excluding hydrogens is 334 g/mol. The molecule has 0 bridgehead atoms. The summed E-state index contributed by atoms with van der Waals surface area (Å²) in [5.74, 6) is -0.318. The van der Waals surface area contributed by atoms with Gasteiger partial charge in [0.25, 0.3) is 0 Å². The average molecular weight is 359 g/mol. The lowest BCUT2D eigenvalue weighted by Gasteiger charge is -2.32. The normalized spacial score (nSPS) is 23.8. The highest BCUT2D eigenvalue weighted by molar-refractivity contribution is 5.67. The third-order valence-corrected chi connectivity index (χ3v) is 5.34. The fourth-order valence-corrected chi connectivity index (χ4v) is 3.89. The molecule has 4 rings (SSSR count). The van der Waals surface area contributed by atoms with Crippen LogP contribution in [-0.4, -0.2) is 42.7 Å². The van der Waals surface area contributed by atoms with E-state index in [1.54, 1.807) is 0 Å². The smallest absolute Gasteiger partial charge is 0.303 e. The molecule has 6 nitrogen and oxygen atoms in total. The zero-order chi connectivity index (χ0) is 18.0. The van der Waals surface area contributed by atoms with Crippen LogP contribution in [0.4, 0.5) is 5.69 Å². The molecule has 1 unspecified atom stereocenters.